The highest BCUT2D eigenvalue weighted by Gasteiger charge is 2.23. The molecule has 15 rings (SSSR count). The number of pyridine rings is 1. The summed E-state index contributed by atoms with van der Waals surface area (Å²) in [5.41, 5.74) is 25.2. The first-order valence-corrected chi connectivity index (χ1v) is 27.2. The smallest absolute Gasteiger partial charge is 0.143 e. The fourth-order valence-corrected chi connectivity index (χ4v) is 11.7. The van der Waals surface area contributed by atoms with Crippen LogP contribution in [0.4, 0.5) is 0 Å². The van der Waals surface area contributed by atoms with Crippen molar-refractivity contribution in [1.29, 1.82) is 0 Å². The van der Waals surface area contributed by atoms with E-state index in [0.29, 0.717) is 0 Å². The van der Waals surface area contributed by atoms with Gasteiger partial charge in [0, 0.05) is 67.3 Å². The van der Waals surface area contributed by atoms with E-state index in [-0.39, 0.29) is 0 Å². The standard InChI is InChI=1S/C77H49NO2/c1-7-21-50(22-8-1)60-40-66(54-29-15-5-16-30-54)74-70(44-60)72-46-62(52-25-11-3-12-26-52)42-68(76(72)79-74)58-35-19-33-56(37-58)64-39-65(49-78-48-64)57-34-20-36-59(38-57)69-43-63(53-27-13-4-14-28-53)47-73-71-45-61(51-23-9-2-10-24-51)41-67(75(71)80-77(69)73)55-31-17-6-18-32-55/h1-49H. The fourth-order valence-electron chi connectivity index (χ4n) is 11.7. The first kappa shape index (κ1) is 46.7. The van der Waals surface area contributed by atoms with Gasteiger partial charge in [0.05, 0.1) is 0 Å². The molecule has 0 aliphatic rings. The van der Waals surface area contributed by atoms with E-state index >= 15 is 0 Å². The summed E-state index contributed by atoms with van der Waals surface area (Å²) in [6, 6.07) is 102. The van der Waals surface area contributed by atoms with Gasteiger partial charge in [0.15, 0.2) is 0 Å². The van der Waals surface area contributed by atoms with Crippen molar-refractivity contribution in [2.45, 2.75) is 0 Å². The Hall–Kier alpha value is -10.6. The minimum Gasteiger partial charge on any atom is -0.455 e. The van der Waals surface area contributed by atoms with Crippen LogP contribution in [0.2, 0.25) is 0 Å². The fraction of sp³-hybridized carbons (Fsp3) is 0. The van der Waals surface area contributed by atoms with Gasteiger partial charge >= 0.3 is 0 Å². The number of rotatable bonds is 10. The third kappa shape index (κ3) is 8.46. The molecule has 0 N–H and O–H groups in total. The van der Waals surface area contributed by atoms with Gasteiger partial charge in [-0.25, -0.2) is 0 Å². The number of hydrogen-bond donors (Lipinski definition) is 0. The molecular formula is C77H49NO2. The number of aromatic nitrogens is 1. The van der Waals surface area contributed by atoms with Crippen molar-refractivity contribution < 1.29 is 8.83 Å². The lowest BCUT2D eigenvalue weighted by molar-refractivity contribution is 0.671. The molecule has 0 spiro atoms. The van der Waals surface area contributed by atoms with Gasteiger partial charge in [0.2, 0.25) is 0 Å². The minimum absolute atomic E-state index is 0.853. The molecule has 0 fully saturated rings. The molecular weight excluding hydrogens is 971 g/mol. The molecule has 0 saturated heterocycles. The highest BCUT2D eigenvalue weighted by molar-refractivity contribution is 6.17. The highest BCUT2D eigenvalue weighted by atomic mass is 16.3. The molecule has 15 aromatic rings. The monoisotopic (exact) mass is 1020 g/mol. The molecule has 3 heterocycles. The van der Waals surface area contributed by atoms with Gasteiger partial charge in [-0.1, -0.05) is 218 Å². The Kier molecular flexibility index (Phi) is 11.5. The minimum atomic E-state index is 0.853. The Balaban J connectivity index is 0.862. The van der Waals surface area contributed by atoms with Crippen molar-refractivity contribution in [3.63, 3.8) is 0 Å². The molecule has 0 radical (unpaired) electrons. The lowest BCUT2D eigenvalue weighted by Gasteiger charge is -2.12. The number of fused-ring (bicyclic) bond motifs is 6. The van der Waals surface area contributed by atoms with E-state index in [4.69, 9.17) is 13.8 Å². The molecule has 3 heteroatoms. The summed E-state index contributed by atoms with van der Waals surface area (Å²) in [6.07, 6.45) is 3.94. The second-order valence-electron chi connectivity index (χ2n) is 20.6. The topological polar surface area (TPSA) is 39.2 Å². The lowest BCUT2D eigenvalue weighted by atomic mass is 9.92. The van der Waals surface area contributed by atoms with Crippen molar-refractivity contribution in [1.82, 2.24) is 4.98 Å². The molecule has 80 heavy (non-hydrogen) atoms. The summed E-state index contributed by atoms with van der Waals surface area (Å²) in [5, 5.41) is 4.30. The van der Waals surface area contributed by atoms with Gasteiger partial charge in [-0.2, -0.15) is 0 Å². The van der Waals surface area contributed by atoms with E-state index in [0.717, 1.165) is 155 Å². The summed E-state index contributed by atoms with van der Waals surface area (Å²) in [6.45, 7) is 0. The Bertz CT molecular complexity index is 4470. The van der Waals surface area contributed by atoms with E-state index in [1.54, 1.807) is 0 Å². The molecule has 12 aromatic carbocycles. The second-order valence-corrected chi connectivity index (χ2v) is 20.6. The van der Waals surface area contributed by atoms with Crippen LogP contribution in [-0.2, 0) is 0 Å². The number of furan rings is 2. The SMILES string of the molecule is c1ccc(-c2cc(-c3ccccc3)c3oc4c(-c5cccc(-c6cncc(-c7cccc(-c8cc(-c9ccccc9)cc9c8oc8c(-c%10ccccc%10)cc(-c%10ccccc%10)cc89)c7)c6)c5)cc(-c5ccccc5)cc4c3c2)cc1. The quantitative estimate of drug-likeness (QED) is 0.137. The van der Waals surface area contributed by atoms with Crippen molar-refractivity contribution in [2.24, 2.45) is 0 Å². The maximum Gasteiger partial charge on any atom is 0.143 e. The largest absolute Gasteiger partial charge is 0.455 e. The van der Waals surface area contributed by atoms with Crippen LogP contribution in [-0.4, -0.2) is 4.98 Å². The zero-order chi connectivity index (χ0) is 52.9. The Morgan fingerprint density at radius 1 is 0.175 bits per heavy atom. The zero-order valence-corrected chi connectivity index (χ0v) is 43.6. The summed E-state index contributed by atoms with van der Waals surface area (Å²) in [4.78, 5) is 4.91. The predicted octanol–water partition coefficient (Wildman–Crippen LogP) is 21.6. The van der Waals surface area contributed by atoms with Gasteiger partial charge in [0.1, 0.15) is 22.3 Å². The molecule has 0 bridgehead atoms. The Morgan fingerprint density at radius 3 is 0.713 bits per heavy atom. The van der Waals surface area contributed by atoms with Crippen LogP contribution >= 0.6 is 0 Å². The first-order valence-electron chi connectivity index (χ1n) is 27.2. The highest BCUT2D eigenvalue weighted by Crippen LogP contribution is 2.47. The maximum atomic E-state index is 7.18. The summed E-state index contributed by atoms with van der Waals surface area (Å²) in [5.74, 6) is 0. The van der Waals surface area contributed by atoms with Gasteiger partial charge in [-0.15, -0.1) is 0 Å². The van der Waals surface area contributed by atoms with Crippen LogP contribution in [0.3, 0.4) is 0 Å². The van der Waals surface area contributed by atoms with Crippen LogP contribution in [0.1, 0.15) is 0 Å². The van der Waals surface area contributed by atoms with Crippen molar-refractivity contribution in [2.75, 3.05) is 0 Å². The first-order chi connectivity index (χ1) is 39.6. The molecule has 3 nitrogen and oxygen atoms in total. The van der Waals surface area contributed by atoms with Gasteiger partial charge in [-0.3, -0.25) is 4.98 Å². The maximum absolute atomic E-state index is 7.18. The summed E-state index contributed by atoms with van der Waals surface area (Å²) < 4.78 is 14.4. The molecule has 0 aliphatic heterocycles. The average Bonchev–Trinajstić information content (AvgIpc) is 4.30. The van der Waals surface area contributed by atoms with Crippen molar-refractivity contribution in [3.05, 3.63) is 298 Å². The molecule has 3 aromatic heterocycles. The number of nitrogens with zero attached hydrogens (tertiary/aromatic N) is 1. The van der Waals surface area contributed by atoms with Crippen LogP contribution in [0, 0.1) is 0 Å². The predicted molar refractivity (Wildman–Crippen MR) is 333 cm³/mol. The van der Waals surface area contributed by atoms with E-state index < -0.39 is 0 Å². The normalized spacial score (nSPS) is 11.5. The number of benzene rings is 12. The van der Waals surface area contributed by atoms with Crippen LogP contribution in [0.25, 0.3) is 155 Å². The summed E-state index contributed by atoms with van der Waals surface area (Å²) in [7, 11) is 0. The average molecular weight is 1020 g/mol. The molecule has 0 saturated carbocycles. The third-order valence-electron chi connectivity index (χ3n) is 15.7. The van der Waals surface area contributed by atoms with Crippen molar-refractivity contribution >= 4 is 43.9 Å². The van der Waals surface area contributed by atoms with Crippen LogP contribution < -0.4 is 0 Å². The van der Waals surface area contributed by atoms with Gasteiger partial charge < -0.3 is 8.83 Å². The molecule has 0 atom stereocenters. The Labute approximate surface area is 464 Å². The molecule has 0 amide bonds. The Morgan fingerprint density at radius 2 is 0.412 bits per heavy atom. The van der Waals surface area contributed by atoms with Gasteiger partial charge in [-0.05, 0) is 145 Å². The lowest BCUT2D eigenvalue weighted by Crippen LogP contribution is -1.88. The van der Waals surface area contributed by atoms with E-state index in [9.17, 15) is 0 Å². The van der Waals surface area contributed by atoms with Crippen molar-refractivity contribution in [3.8, 4) is 111 Å². The van der Waals surface area contributed by atoms with E-state index in [1.807, 2.05) is 12.4 Å². The molecule has 0 unspecified atom stereocenters. The van der Waals surface area contributed by atoms with Gasteiger partial charge in [0.25, 0.3) is 0 Å². The van der Waals surface area contributed by atoms with E-state index in [1.165, 1.54) is 0 Å². The zero-order valence-electron chi connectivity index (χ0n) is 43.6. The van der Waals surface area contributed by atoms with Crippen LogP contribution in [0.5, 0.6) is 0 Å². The number of hydrogen-bond acceptors (Lipinski definition) is 3. The second kappa shape index (κ2) is 19.8. The van der Waals surface area contributed by atoms with E-state index in [2.05, 4.69) is 285 Å². The third-order valence-corrected chi connectivity index (χ3v) is 15.7. The summed E-state index contributed by atoms with van der Waals surface area (Å²) >= 11 is 0. The molecule has 374 valence electrons. The molecule has 0 aliphatic carbocycles. The van der Waals surface area contributed by atoms with Crippen LogP contribution in [0.15, 0.2) is 306 Å².